The van der Waals surface area contributed by atoms with E-state index >= 15 is 0 Å². The van der Waals surface area contributed by atoms with Crippen LogP contribution in [0.5, 0.6) is 0 Å². The van der Waals surface area contributed by atoms with Crippen LogP contribution in [0.4, 0.5) is 11.5 Å². The molecule has 0 saturated carbocycles. The molecule has 1 unspecified atom stereocenters. The molecule has 0 spiro atoms. The van der Waals surface area contributed by atoms with E-state index in [1.165, 1.54) is 19.3 Å². The number of hydrogen-bond donors (Lipinski definition) is 2. The predicted molar refractivity (Wildman–Crippen MR) is 80.2 cm³/mol. The van der Waals surface area contributed by atoms with Crippen LogP contribution in [-0.2, 0) is 0 Å². The first-order valence-corrected chi connectivity index (χ1v) is 6.83. The Morgan fingerprint density at radius 1 is 1.44 bits per heavy atom. The number of nitrogens with zero attached hydrogens (tertiary/aromatic N) is 2. The van der Waals surface area contributed by atoms with Gasteiger partial charge in [0.1, 0.15) is 5.82 Å². The second-order valence-corrected chi connectivity index (χ2v) is 5.06. The molecule has 2 heterocycles. The van der Waals surface area contributed by atoms with Crippen molar-refractivity contribution >= 4 is 28.8 Å². The second kappa shape index (κ2) is 6.00. The largest absolute Gasteiger partial charge is 0.366 e. The molecule has 0 amide bonds. The van der Waals surface area contributed by atoms with Gasteiger partial charge in [0.2, 0.25) is 0 Å². The van der Waals surface area contributed by atoms with Crippen LogP contribution in [0.3, 0.4) is 0 Å². The summed E-state index contributed by atoms with van der Waals surface area (Å²) < 4.78 is 0. The number of nitrogens with one attached hydrogen (secondary N) is 2. The maximum atomic E-state index is 5.05. The molecule has 5 heteroatoms. The zero-order valence-electron chi connectivity index (χ0n) is 10.9. The van der Waals surface area contributed by atoms with Crippen LogP contribution in [-0.4, -0.2) is 29.7 Å². The minimum Gasteiger partial charge on any atom is -0.366 e. The molecule has 0 aliphatic carbocycles. The Morgan fingerprint density at radius 3 is 2.89 bits per heavy atom. The quantitative estimate of drug-likeness (QED) is 0.803. The summed E-state index contributed by atoms with van der Waals surface area (Å²) in [6.45, 7) is 3.37. The van der Waals surface area contributed by atoms with Gasteiger partial charge < -0.3 is 15.5 Å². The van der Waals surface area contributed by atoms with Gasteiger partial charge in [-0.15, -0.1) is 0 Å². The molecule has 1 aromatic rings. The average Bonchev–Trinajstić information content (AvgIpc) is 2.40. The Bertz CT molecular complexity index is 404. The molecular formula is C13H20N4S. The third-order valence-corrected chi connectivity index (χ3v) is 3.64. The van der Waals surface area contributed by atoms with E-state index in [4.69, 9.17) is 12.2 Å². The summed E-state index contributed by atoms with van der Waals surface area (Å²) in [5.41, 5.74) is 0.919. The van der Waals surface area contributed by atoms with E-state index in [2.05, 4.69) is 33.5 Å². The minimum atomic E-state index is 0.587. The molecule has 0 aromatic carbocycles. The molecule has 1 aliphatic heterocycles. The summed E-state index contributed by atoms with van der Waals surface area (Å²) in [7, 11) is 1.80. The molecule has 4 nitrogen and oxygen atoms in total. The topological polar surface area (TPSA) is 40.2 Å². The number of hydrogen-bond acceptors (Lipinski definition) is 3. The summed E-state index contributed by atoms with van der Waals surface area (Å²) >= 11 is 5.05. The maximum absolute atomic E-state index is 5.05. The first kappa shape index (κ1) is 13.1. The predicted octanol–water partition coefficient (Wildman–Crippen LogP) is 2.38. The van der Waals surface area contributed by atoms with Crippen LogP contribution < -0.4 is 15.5 Å². The SMILES string of the molecule is CNC(=S)Nc1ccc(N2CCCCC2C)nc1. The van der Waals surface area contributed by atoms with Gasteiger partial charge in [-0.25, -0.2) is 4.98 Å². The summed E-state index contributed by atoms with van der Waals surface area (Å²) in [5.74, 6) is 1.06. The molecule has 1 atom stereocenters. The number of thiocarbonyl (C=S) groups is 1. The molecule has 0 bridgehead atoms. The number of piperidine rings is 1. The van der Waals surface area contributed by atoms with Crippen LogP contribution in [0.2, 0.25) is 0 Å². The monoisotopic (exact) mass is 264 g/mol. The van der Waals surface area contributed by atoms with E-state index in [1.807, 2.05) is 12.3 Å². The molecule has 1 fully saturated rings. The van der Waals surface area contributed by atoms with E-state index in [0.717, 1.165) is 18.1 Å². The van der Waals surface area contributed by atoms with E-state index in [1.54, 1.807) is 7.05 Å². The lowest BCUT2D eigenvalue weighted by Gasteiger charge is -2.34. The Morgan fingerprint density at radius 2 is 2.28 bits per heavy atom. The zero-order valence-corrected chi connectivity index (χ0v) is 11.8. The van der Waals surface area contributed by atoms with Crippen LogP contribution in [0.25, 0.3) is 0 Å². The zero-order chi connectivity index (χ0) is 13.0. The highest BCUT2D eigenvalue weighted by atomic mass is 32.1. The highest BCUT2D eigenvalue weighted by Crippen LogP contribution is 2.23. The van der Waals surface area contributed by atoms with Gasteiger partial charge in [0.15, 0.2) is 5.11 Å². The summed E-state index contributed by atoms with van der Waals surface area (Å²) in [6, 6.07) is 4.67. The van der Waals surface area contributed by atoms with E-state index in [-0.39, 0.29) is 0 Å². The molecule has 18 heavy (non-hydrogen) atoms. The van der Waals surface area contributed by atoms with Crippen LogP contribution in [0.1, 0.15) is 26.2 Å². The number of rotatable bonds is 2. The van der Waals surface area contributed by atoms with Crippen LogP contribution in [0, 0.1) is 0 Å². The number of aromatic nitrogens is 1. The highest BCUT2D eigenvalue weighted by molar-refractivity contribution is 7.80. The first-order valence-electron chi connectivity index (χ1n) is 6.42. The molecule has 2 N–H and O–H groups in total. The van der Waals surface area contributed by atoms with Crippen molar-refractivity contribution in [2.45, 2.75) is 32.2 Å². The number of pyridine rings is 1. The van der Waals surface area contributed by atoms with Gasteiger partial charge in [-0.3, -0.25) is 0 Å². The van der Waals surface area contributed by atoms with E-state index in [0.29, 0.717) is 11.2 Å². The summed E-state index contributed by atoms with van der Waals surface area (Å²) in [6.07, 6.45) is 5.68. The normalized spacial score (nSPS) is 19.4. The standard InChI is InChI=1S/C13H20N4S/c1-10-5-3-4-8-17(10)12-7-6-11(9-15-12)16-13(18)14-2/h6-7,9-10H,3-5,8H2,1-2H3,(H2,14,16,18). The van der Waals surface area contributed by atoms with Gasteiger partial charge in [0.25, 0.3) is 0 Å². The van der Waals surface area contributed by atoms with Gasteiger partial charge in [-0.05, 0) is 50.5 Å². The molecule has 0 radical (unpaired) electrons. The van der Waals surface area contributed by atoms with Crippen LogP contribution in [0.15, 0.2) is 18.3 Å². The van der Waals surface area contributed by atoms with Gasteiger partial charge in [0.05, 0.1) is 11.9 Å². The van der Waals surface area contributed by atoms with Gasteiger partial charge >= 0.3 is 0 Å². The lowest BCUT2D eigenvalue weighted by Crippen LogP contribution is -2.37. The van der Waals surface area contributed by atoms with E-state index < -0.39 is 0 Å². The highest BCUT2D eigenvalue weighted by Gasteiger charge is 2.19. The Balaban J connectivity index is 2.04. The Labute approximate surface area is 114 Å². The van der Waals surface area contributed by atoms with Crippen molar-refractivity contribution in [2.24, 2.45) is 0 Å². The summed E-state index contributed by atoms with van der Waals surface area (Å²) in [5, 5.41) is 6.56. The van der Waals surface area contributed by atoms with Crippen LogP contribution >= 0.6 is 12.2 Å². The van der Waals surface area contributed by atoms with Crippen molar-refractivity contribution in [3.05, 3.63) is 18.3 Å². The van der Waals surface area contributed by atoms with Crippen molar-refractivity contribution in [1.82, 2.24) is 10.3 Å². The maximum Gasteiger partial charge on any atom is 0.170 e. The Hall–Kier alpha value is -1.36. The third kappa shape index (κ3) is 3.10. The van der Waals surface area contributed by atoms with Crippen molar-refractivity contribution in [3.8, 4) is 0 Å². The van der Waals surface area contributed by atoms with Crippen molar-refractivity contribution in [2.75, 3.05) is 23.8 Å². The smallest absolute Gasteiger partial charge is 0.170 e. The fourth-order valence-electron chi connectivity index (χ4n) is 2.26. The van der Waals surface area contributed by atoms with E-state index in [9.17, 15) is 0 Å². The first-order chi connectivity index (χ1) is 8.70. The summed E-state index contributed by atoms with van der Waals surface area (Å²) in [4.78, 5) is 6.89. The minimum absolute atomic E-state index is 0.587. The lowest BCUT2D eigenvalue weighted by molar-refractivity contribution is 0.481. The average molecular weight is 264 g/mol. The third-order valence-electron chi connectivity index (χ3n) is 3.33. The molecule has 1 saturated heterocycles. The Kier molecular flexibility index (Phi) is 4.36. The van der Waals surface area contributed by atoms with Crippen molar-refractivity contribution in [3.63, 3.8) is 0 Å². The van der Waals surface area contributed by atoms with Crippen molar-refractivity contribution < 1.29 is 0 Å². The molecule has 2 rings (SSSR count). The lowest BCUT2D eigenvalue weighted by atomic mass is 10.0. The molecule has 1 aliphatic rings. The molecule has 98 valence electrons. The van der Waals surface area contributed by atoms with Gasteiger partial charge in [-0.2, -0.15) is 0 Å². The fraction of sp³-hybridized carbons (Fsp3) is 0.538. The van der Waals surface area contributed by atoms with Gasteiger partial charge in [-0.1, -0.05) is 0 Å². The molecular weight excluding hydrogens is 244 g/mol. The molecule has 1 aromatic heterocycles. The number of anilines is 2. The van der Waals surface area contributed by atoms with Gasteiger partial charge in [0, 0.05) is 19.6 Å². The second-order valence-electron chi connectivity index (χ2n) is 4.65. The van der Waals surface area contributed by atoms with Crippen molar-refractivity contribution in [1.29, 1.82) is 0 Å². The fourth-order valence-corrected chi connectivity index (χ4v) is 2.38.